The molecule has 7 heteroatoms. The minimum Gasteiger partial charge on any atom is -0.487 e. The smallest absolute Gasteiger partial charge is 0.161 e. The Hall–Kier alpha value is -2.16. The second-order valence-electron chi connectivity index (χ2n) is 6.96. The lowest BCUT2D eigenvalue weighted by molar-refractivity contribution is -0.00841. The van der Waals surface area contributed by atoms with Crippen LogP contribution < -0.4 is 9.47 Å². The quantitative estimate of drug-likeness (QED) is 0.554. The molecule has 6 nitrogen and oxygen atoms in total. The molecule has 0 radical (unpaired) electrons. The molecule has 0 atom stereocenters. The third kappa shape index (κ3) is 6.66. The number of fused-ring (bicyclic) bond motifs is 2. The Morgan fingerprint density at radius 1 is 0.548 bits per heavy atom. The summed E-state index contributed by atoms with van der Waals surface area (Å²) in [6, 6.07) is 16.7. The van der Waals surface area contributed by atoms with Gasteiger partial charge in [0.05, 0.1) is 52.9 Å². The predicted molar refractivity (Wildman–Crippen MR) is 122 cm³/mol. The summed E-state index contributed by atoms with van der Waals surface area (Å²) in [5.41, 5.74) is 1.11. The van der Waals surface area contributed by atoms with E-state index < -0.39 is 0 Å². The average molecular weight is 445 g/mol. The van der Waals surface area contributed by atoms with Crippen LogP contribution in [0.5, 0.6) is 11.5 Å². The molecule has 0 saturated heterocycles. The fourth-order valence-corrected chi connectivity index (χ4v) is 4.26. The van der Waals surface area contributed by atoms with Crippen molar-refractivity contribution < 1.29 is 28.4 Å². The van der Waals surface area contributed by atoms with Crippen molar-refractivity contribution in [1.82, 2.24) is 0 Å². The van der Waals surface area contributed by atoms with Crippen LogP contribution >= 0.6 is 11.3 Å². The predicted octanol–water partition coefficient (Wildman–Crippen LogP) is 4.41. The van der Waals surface area contributed by atoms with Gasteiger partial charge in [0.25, 0.3) is 0 Å². The maximum atomic E-state index is 6.02. The van der Waals surface area contributed by atoms with Crippen molar-refractivity contribution in [2.24, 2.45) is 0 Å². The molecule has 0 saturated carbocycles. The first-order valence-electron chi connectivity index (χ1n) is 10.6. The number of benzene rings is 2. The normalized spacial score (nSPS) is 17.7. The molecule has 0 fully saturated rings. The molecule has 0 amide bonds. The van der Waals surface area contributed by atoms with Gasteiger partial charge in [0.1, 0.15) is 13.2 Å². The number of hydrogen-bond acceptors (Lipinski definition) is 7. The Labute approximate surface area is 186 Å². The topological polar surface area (TPSA) is 55.4 Å². The van der Waals surface area contributed by atoms with Gasteiger partial charge in [-0.05, 0) is 41.3 Å². The largest absolute Gasteiger partial charge is 0.487 e. The van der Waals surface area contributed by atoms with Crippen LogP contribution in [0.4, 0.5) is 0 Å². The second-order valence-corrected chi connectivity index (χ2v) is 8.04. The molecule has 166 valence electrons. The third-order valence-corrected chi connectivity index (χ3v) is 5.91. The van der Waals surface area contributed by atoms with Gasteiger partial charge >= 0.3 is 0 Å². The van der Waals surface area contributed by atoms with E-state index in [0.717, 1.165) is 5.56 Å². The Morgan fingerprint density at radius 2 is 1.13 bits per heavy atom. The highest BCUT2D eigenvalue weighted by Gasteiger charge is 2.11. The van der Waals surface area contributed by atoms with Gasteiger partial charge in [-0.25, -0.2) is 0 Å². The van der Waals surface area contributed by atoms with Crippen molar-refractivity contribution in [2.75, 3.05) is 66.1 Å². The Bertz CT molecular complexity index is 908. The summed E-state index contributed by atoms with van der Waals surface area (Å²) in [6.45, 7) is 5.08. The molecular formula is C24H28O6S. The van der Waals surface area contributed by atoms with Gasteiger partial charge in [-0.1, -0.05) is 18.2 Å². The van der Waals surface area contributed by atoms with Crippen LogP contribution in [0.3, 0.4) is 0 Å². The van der Waals surface area contributed by atoms with Gasteiger partial charge in [-0.2, -0.15) is 0 Å². The summed E-state index contributed by atoms with van der Waals surface area (Å²) in [7, 11) is 0. The monoisotopic (exact) mass is 444 g/mol. The van der Waals surface area contributed by atoms with Gasteiger partial charge in [0, 0.05) is 9.58 Å². The van der Waals surface area contributed by atoms with E-state index in [2.05, 4.69) is 36.4 Å². The standard InChI is InChI=1S/C24H28O6S/c1-2-4-23-19(3-1)18-24(31-23)20-5-6-21-22(17-20)30-16-14-28-12-10-26-8-7-25-9-11-27-13-15-29-21/h1-6,17-18H,7-16H2. The van der Waals surface area contributed by atoms with E-state index in [0.29, 0.717) is 77.6 Å². The fourth-order valence-electron chi connectivity index (χ4n) is 3.20. The van der Waals surface area contributed by atoms with Crippen molar-refractivity contribution in [3.05, 3.63) is 48.5 Å². The summed E-state index contributed by atoms with van der Waals surface area (Å²) in [6.07, 6.45) is 0. The molecule has 0 bridgehead atoms. The van der Waals surface area contributed by atoms with Crippen molar-refractivity contribution in [3.63, 3.8) is 0 Å². The molecule has 2 aromatic carbocycles. The zero-order chi connectivity index (χ0) is 21.1. The second kappa shape index (κ2) is 12.0. The minimum absolute atomic E-state index is 0.436. The first-order valence-corrected chi connectivity index (χ1v) is 11.4. The summed E-state index contributed by atoms with van der Waals surface area (Å²) in [4.78, 5) is 1.20. The highest BCUT2D eigenvalue weighted by atomic mass is 32.1. The van der Waals surface area contributed by atoms with Crippen LogP contribution in [0.1, 0.15) is 0 Å². The molecule has 4 rings (SSSR count). The van der Waals surface area contributed by atoms with Gasteiger partial charge < -0.3 is 28.4 Å². The minimum atomic E-state index is 0.436. The number of hydrogen-bond donors (Lipinski definition) is 0. The van der Waals surface area contributed by atoms with Gasteiger partial charge in [-0.3, -0.25) is 0 Å². The molecule has 1 aliphatic rings. The van der Waals surface area contributed by atoms with E-state index in [1.807, 2.05) is 12.1 Å². The first-order chi connectivity index (χ1) is 15.4. The number of ether oxygens (including phenoxy) is 6. The molecule has 0 spiro atoms. The van der Waals surface area contributed by atoms with E-state index in [1.165, 1.54) is 15.0 Å². The summed E-state index contributed by atoms with van der Waals surface area (Å²) in [5, 5.41) is 1.25. The van der Waals surface area contributed by atoms with Crippen LogP contribution in [0, 0.1) is 0 Å². The van der Waals surface area contributed by atoms with Crippen LogP contribution in [0.15, 0.2) is 48.5 Å². The summed E-state index contributed by atoms with van der Waals surface area (Å²) in [5.74, 6) is 1.41. The molecular weight excluding hydrogens is 416 g/mol. The maximum absolute atomic E-state index is 6.02. The summed E-state index contributed by atoms with van der Waals surface area (Å²) >= 11 is 1.77. The number of thiophene rings is 1. The van der Waals surface area contributed by atoms with Gasteiger partial charge in [0.2, 0.25) is 0 Å². The Morgan fingerprint density at radius 3 is 1.77 bits per heavy atom. The lowest BCUT2D eigenvalue weighted by Crippen LogP contribution is -2.16. The van der Waals surface area contributed by atoms with E-state index in [9.17, 15) is 0 Å². The Kier molecular flexibility index (Phi) is 8.55. The van der Waals surface area contributed by atoms with E-state index >= 15 is 0 Å². The van der Waals surface area contributed by atoms with Crippen LogP contribution in [-0.4, -0.2) is 66.1 Å². The first kappa shape index (κ1) is 22.0. The molecule has 0 N–H and O–H groups in total. The molecule has 31 heavy (non-hydrogen) atoms. The van der Waals surface area contributed by atoms with E-state index in [4.69, 9.17) is 28.4 Å². The highest BCUT2D eigenvalue weighted by molar-refractivity contribution is 7.22. The van der Waals surface area contributed by atoms with Crippen molar-refractivity contribution in [3.8, 4) is 21.9 Å². The van der Waals surface area contributed by atoms with Gasteiger partial charge in [0.15, 0.2) is 11.5 Å². The zero-order valence-electron chi connectivity index (χ0n) is 17.5. The fraction of sp³-hybridized carbons (Fsp3) is 0.417. The van der Waals surface area contributed by atoms with Crippen LogP contribution in [0.2, 0.25) is 0 Å². The molecule has 1 aromatic heterocycles. The maximum Gasteiger partial charge on any atom is 0.161 e. The third-order valence-electron chi connectivity index (χ3n) is 4.74. The summed E-state index contributed by atoms with van der Waals surface area (Å²) < 4.78 is 35.3. The Balaban J connectivity index is 1.46. The van der Waals surface area contributed by atoms with Gasteiger partial charge in [-0.15, -0.1) is 11.3 Å². The van der Waals surface area contributed by atoms with E-state index in [1.54, 1.807) is 11.3 Å². The SMILES string of the molecule is c1ccc2sc(-c3ccc4c(c3)OCCOCCOCCOCCOCCO4)cc2c1. The van der Waals surface area contributed by atoms with E-state index in [-0.39, 0.29) is 0 Å². The van der Waals surface area contributed by atoms with Crippen LogP contribution in [0.25, 0.3) is 20.5 Å². The highest BCUT2D eigenvalue weighted by Crippen LogP contribution is 2.38. The lowest BCUT2D eigenvalue weighted by atomic mass is 10.1. The van der Waals surface area contributed by atoms with Crippen molar-refractivity contribution >= 4 is 21.4 Å². The zero-order valence-corrected chi connectivity index (χ0v) is 18.4. The lowest BCUT2D eigenvalue weighted by Gasteiger charge is -2.15. The number of rotatable bonds is 1. The molecule has 3 aromatic rings. The molecule has 0 aliphatic carbocycles. The average Bonchev–Trinajstić information content (AvgIpc) is 3.23. The molecule has 2 heterocycles. The molecule has 1 aliphatic heterocycles. The van der Waals surface area contributed by atoms with Crippen molar-refractivity contribution in [1.29, 1.82) is 0 Å². The van der Waals surface area contributed by atoms with Crippen molar-refractivity contribution in [2.45, 2.75) is 0 Å². The van der Waals surface area contributed by atoms with Crippen LogP contribution in [-0.2, 0) is 18.9 Å². The molecule has 0 unspecified atom stereocenters.